The van der Waals surface area contributed by atoms with Crippen LogP contribution in [0.5, 0.6) is 0 Å². The fourth-order valence-electron chi connectivity index (χ4n) is 1.63. The number of esters is 1. The van der Waals surface area contributed by atoms with Crippen LogP contribution in [-0.2, 0) is 9.53 Å². The summed E-state index contributed by atoms with van der Waals surface area (Å²) in [5.74, 6) is -0.140. The van der Waals surface area contributed by atoms with Crippen molar-refractivity contribution in [2.75, 3.05) is 18.6 Å². The normalized spacial score (nSPS) is 12.0. The van der Waals surface area contributed by atoms with Gasteiger partial charge in [-0.15, -0.1) is 0 Å². The van der Waals surface area contributed by atoms with E-state index in [0.29, 0.717) is 13.0 Å². The molecule has 0 heterocycles. The van der Waals surface area contributed by atoms with Crippen LogP contribution in [-0.4, -0.2) is 25.7 Å². The molecule has 0 spiro atoms. The van der Waals surface area contributed by atoms with E-state index in [1.165, 1.54) is 5.56 Å². The molecule has 1 aromatic carbocycles. The average Bonchev–Trinajstić information content (AvgIpc) is 2.29. The van der Waals surface area contributed by atoms with Crippen molar-refractivity contribution in [1.29, 1.82) is 0 Å². The molecule has 0 N–H and O–H groups in total. The number of hydrogen-bond donors (Lipinski definition) is 0. The Morgan fingerprint density at radius 1 is 1.35 bits per heavy atom. The first-order chi connectivity index (χ1) is 8.04. The fraction of sp³-hybridized carbons (Fsp3) is 0.500. The molecule has 0 saturated heterocycles. The van der Waals surface area contributed by atoms with Gasteiger partial charge < -0.3 is 9.64 Å². The number of rotatable bonds is 5. The van der Waals surface area contributed by atoms with Crippen molar-refractivity contribution in [3.63, 3.8) is 0 Å². The Morgan fingerprint density at radius 2 is 1.94 bits per heavy atom. The van der Waals surface area contributed by atoms with Crippen molar-refractivity contribution in [2.45, 2.75) is 33.2 Å². The van der Waals surface area contributed by atoms with Crippen molar-refractivity contribution in [1.82, 2.24) is 0 Å². The van der Waals surface area contributed by atoms with E-state index in [1.807, 2.05) is 20.9 Å². The Hall–Kier alpha value is -1.51. The molecule has 17 heavy (non-hydrogen) atoms. The molecule has 0 bridgehead atoms. The summed E-state index contributed by atoms with van der Waals surface area (Å²) in [6.07, 6.45) is 0.415. The molecule has 1 atom stereocenters. The van der Waals surface area contributed by atoms with Crippen LogP contribution in [0.1, 0.15) is 25.8 Å². The molecule has 0 fully saturated rings. The number of nitrogens with zero attached hydrogens (tertiary/aromatic N) is 1. The first-order valence-corrected chi connectivity index (χ1v) is 5.99. The Morgan fingerprint density at radius 3 is 2.47 bits per heavy atom. The van der Waals surface area contributed by atoms with Gasteiger partial charge in [-0.3, -0.25) is 4.79 Å². The summed E-state index contributed by atoms with van der Waals surface area (Å²) in [7, 11) is 1.99. The summed E-state index contributed by atoms with van der Waals surface area (Å²) in [5.41, 5.74) is 2.35. The fourth-order valence-corrected chi connectivity index (χ4v) is 1.63. The van der Waals surface area contributed by atoms with Crippen LogP contribution in [0.25, 0.3) is 0 Å². The lowest BCUT2D eigenvalue weighted by Crippen LogP contribution is -2.31. The van der Waals surface area contributed by atoms with Crippen LogP contribution in [0, 0.1) is 6.92 Å². The van der Waals surface area contributed by atoms with Crippen LogP contribution >= 0.6 is 0 Å². The van der Waals surface area contributed by atoms with Gasteiger partial charge >= 0.3 is 5.97 Å². The number of hydrogen-bond acceptors (Lipinski definition) is 3. The monoisotopic (exact) mass is 235 g/mol. The topological polar surface area (TPSA) is 29.5 Å². The quantitative estimate of drug-likeness (QED) is 0.735. The van der Waals surface area contributed by atoms with Crippen LogP contribution in [0.3, 0.4) is 0 Å². The van der Waals surface area contributed by atoms with Gasteiger partial charge in [0, 0.05) is 18.8 Å². The van der Waals surface area contributed by atoms with Crippen molar-refractivity contribution in [2.24, 2.45) is 0 Å². The van der Waals surface area contributed by atoms with Gasteiger partial charge in [-0.25, -0.2) is 0 Å². The molecule has 94 valence electrons. The van der Waals surface area contributed by atoms with Crippen molar-refractivity contribution < 1.29 is 9.53 Å². The lowest BCUT2D eigenvalue weighted by Gasteiger charge is -2.26. The van der Waals surface area contributed by atoms with E-state index in [4.69, 9.17) is 4.74 Å². The lowest BCUT2D eigenvalue weighted by molar-refractivity contribution is -0.143. The third kappa shape index (κ3) is 4.10. The van der Waals surface area contributed by atoms with E-state index in [-0.39, 0.29) is 12.0 Å². The van der Waals surface area contributed by atoms with Gasteiger partial charge in [0.2, 0.25) is 0 Å². The Kier molecular flexibility index (Phi) is 5.01. The maximum atomic E-state index is 11.4. The van der Waals surface area contributed by atoms with Gasteiger partial charge in [-0.2, -0.15) is 0 Å². The third-order valence-electron chi connectivity index (χ3n) is 2.87. The first kappa shape index (κ1) is 13.6. The van der Waals surface area contributed by atoms with Crippen LogP contribution in [0.15, 0.2) is 24.3 Å². The molecule has 1 rings (SSSR count). The zero-order valence-corrected chi connectivity index (χ0v) is 11.1. The van der Waals surface area contributed by atoms with Crippen molar-refractivity contribution in [3.05, 3.63) is 29.8 Å². The first-order valence-electron chi connectivity index (χ1n) is 5.99. The average molecular weight is 235 g/mol. The van der Waals surface area contributed by atoms with Crippen LogP contribution in [0.2, 0.25) is 0 Å². The van der Waals surface area contributed by atoms with E-state index >= 15 is 0 Å². The molecule has 0 aliphatic rings. The SMILES string of the molecule is CCOC(=O)CC(C)N(C)c1ccc(C)cc1. The minimum Gasteiger partial charge on any atom is -0.466 e. The second kappa shape index (κ2) is 6.28. The molecule has 0 amide bonds. The molecule has 0 aliphatic carbocycles. The Bertz CT molecular complexity index is 359. The zero-order valence-electron chi connectivity index (χ0n) is 11.1. The van der Waals surface area contributed by atoms with Crippen LogP contribution < -0.4 is 4.90 Å². The van der Waals surface area contributed by atoms with Gasteiger partial charge in [-0.1, -0.05) is 17.7 Å². The number of benzene rings is 1. The maximum absolute atomic E-state index is 11.4. The summed E-state index contributed by atoms with van der Waals surface area (Å²) in [6.45, 7) is 6.36. The summed E-state index contributed by atoms with van der Waals surface area (Å²) in [5, 5.41) is 0. The molecule has 1 unspecified atom stereocenters. The highest BCUT2D eigenvalue weighted by Crippen LogP contribution is 2.17. The molecule has 0 saturated carbocycles. The van der Waals surface area contributed by atoms with E-state index in [9.17, 15) is 4.79 Å². The van der Waals surface area contributed by atoms with E-state index in [2.05, 4.69) is 36.1 Å². The third-order valence-corrected chi connectivity index (χ3v) is 2.87. The molecule has 1 aromatic rings. The Labute approximate surface area is 103 Å². The second-order valence-corrected chi connectivity index (χ2v) is 4.30. The van der Waals surface area contributed by atoms with E-state index in [1.54, 1.807) is 0 Å². The predicted molar refractivity (Wildman–Crippen MR) is 70.3 cm³/mol. The summed E-state index contributed by atoms with van der Waals surface area (Å²) in [4.78, 5) is 13.5. The largest absolute Gasteiger partial charge is 0.466 e. The number of carbonyl (C=O) groups is 1. The van der Waals surface area contributed by atoms with Crippen molar-refractivity contribution >= 4 is 11.7 Å². The number of ether oxygens (including phenoxy) is 1. The minimum atomic E-state index is -0.140. The highest BCUT2D eigenvalue weighted by molar-refractivity contribution is 5.70. The molecule has 0 aromatic heterocycles. The van der Waals surface area contributed by atoms with Gasteiger partial charge in [0.05, 0.1) is 13.0 Å². The molecule has 0 radical (unpaired) electrons. The molecule has 0 aliphatic heterocycles. The lowest BCUT2D eigenvalue weighted by atomic mass is 10.1. The summed E-state index contributed by atoms with van der Waals surface area (Å²) < 4.78 is 4.95. The Balaban J connectivity index is 2.60. The molecular formula is C14H21NO2. The van der Waals surface area contributed by atoms with Gasteiger partial charge in [-0.05, 0) is 32.9 Å². The standard InChI is InChI=1S/C14H21NO2/c1-5-17-14(16)10-12(3)15(4)13-8-6-11(2)7-9-13/h6-9,12H,5,10H2,1-4H3. The molecule has 3 nitrogen and oxygen atoms in total. The van der Waals surface area contributed by atoms with E-state index in [0.717, 1.165) is 5.69 Å². The number of aryl methyl sites for hydroxylation is 1. The van der Waals surface area contributed by atoms with Crippen LogP contribution in [0.4, 0.5) is 5.69 Å². The highest BCUT2D eigenvalue weighted by Gasteiger charge is 2.14. The van der Waals surface area contributed by atoms with Gasteiger partial charge in [0.1, 0.15) is 0 Å². The summed E-state index contributed by atoms with van der Waals surface area (Å²) >= 11 is 0. The minimum absolute atomic E-state index is 0.136. The zero-order chi connectivity index (χ0) is 12.8. The second-order valence-electron chi connectivity index (χ2n) is 4.30. The van der Waals surface area contributed by atoms with E-state index < -0.39 is 0 Å². The van der Waals surface area contributed by atoms with Gasteiger partial charge in [0.25, 0.3) is 0 Å². The molecular weight excluding hydrogens is 214 g/mol. The van der Waals surface area contributed by atoms with Crippen molar-refractivity contribution in [3.8, 4) is 0 Å². The number of anilines is 1. The molecule has 3 heteroatoms. The number of carbonyl (C=O) groups excluding carboxylic acids is 1. The van der Waals surface area contributed by atoms with Gasteiger partial charge in [0.15, 0.2) is 0 Å². The predicted octanol–water partition coefficient (Wildman–Crippen LogP) is 2.77. The summed E-state index contributed by atoms with van der Waals surface area (Å²) in [6, 6.07) is 8.41. The maximum Gasteiger partial charge on any atom is 0.307 e. The highest BCUT2D eigenvalue weighted by atomic mass is 16.5. The smallest absolute Gasteiger partial charge is 0.307 e.